The van der Waals surface area contributed by atoms with Crippen LogP contribution >= 0.6 is 11.8 Å². The lowest BCUT2D eigenvalue weighted by Gasteiger charge is -2.36. The largest absolute Gasteiger partial charge is 0.412 e. The monoisotopic (exact) mass is 908 g/mol. The number of carbonyl (C=O) groups is 1. The van der Waals surface area contributed by atoms with Crippen LogP contribution in [0, 0.1) is 0 Å². The van der Waals surface area contributed by atoms with E-state index in [2.05, 4.69) is 103 Å². The van der Waals surface area contributed by atoms with Crippen molar-refractivity contribution in [3.63, 3.8) is 0 Å². The number of aliphatic hydroxyl groups excluding tert-OH is 3. The molecule has 5 rings (SSSR count). The fourth-order valence-corrected chi connectivity index (χ4v) is 6.23. The number of carbonyl (C=O) groups excluding carboxylic acids is 1. The molecule has 5 aromatic rings. The fourth-order valence-electron chi connectivity index (χ4n) is 5.07. The van der Waals surface area contributed by atoms with E-state index < -0.39 is 8.32 Å². The Hall–Kier alpha value is -4.58. The average molecular weight is 909 g/mol. The van der Waals surface area contributed by atoms with Gasteiger partial charge in [-0.15, -0.1) is 0 Å². The van der Waals surface area contributed by atoms with E-state index in [1.165, 1.54) is 6.08 Å². The Morgan fingerprint density at radius 2 is 1.38 bits per heavy atom. The van der Waals surface area contributed by atoms with Crippen LogP contribution < -0.4 is 10.4 Å². The molecule has 16 heteroatoms. The molecule has 14 nitrogen and oxygen atoms in total. The Labute approximate surface area is 382 Å². The molecule has 0 fully saturated rings. The third-order valence-electron chi connectivity index (χ3n) is 9.50. The Bertz CT molecular complexity index is 2060. The zero-order valence-electron chi connectivity index (χ0n) is 40.0. The molecular weight excluding hydrogens is 834 g/mol. The molecule has 5 N–H and O–H groups in total. The van der Waals surface area contributed by atoms with Crippen molar-refractivity contribution < 1.29 is 24.5 Å². The highest BCUT2D eigenvalue weighted by Gasteiger charge is 2.37. The van der Waals surface area contributed by atoms with Gasteiger partial charge in [-0.05, 0) is 109 Å². The summed E-state index contributed by atoms with van der Waals surface area (Å²) in [5, 5.41) is 30.5. The van der Waals surface area contributed by atoms with Crippen molar-refractivity contribution in [2.45, 2.75) is 125 Å². The number of aromatic nitrogens is 6. The molecule has 0 amide bonds. The number of hydrazine groups is 1. The molecule has 0 unspecified atom stereocenters. The van der Waals surface area contributed by atoms with Gasteiger partial charge in [-0.3, -0.25) is 24.4 Å². The normalized spacial score (nSPS) is 11.3. The molecule has 0 aliphatic rings. The average Bonchev–Trinajstić information content (AvgIpc) is 3.95. The number of nitrogens with zero attached hydrogens (tertiary/aromatic N) is 7. The molecule has 0 bridgehead atoms. The van der Waals surface area contributed by atoms with Gasteiger partial charge in [0.1, 0.15) is 5.69 Å². The van der Waals surface area contributed by atoms with E-state index in [1.807, 2.05) is 92.3 Å². The SMILES string of the molecule is CC(C)NNCl.CC(C)n1ccc(-c2ncccc2CO)c1.CC(C)n1nccc1-c1ncccc1CO.CCO.CN(C)/C=C/C(=O)c1ncccc1CO[Si](C)(C)C(C)(C)C. The number of allylic oxidation sites excluding steroid dienone is 1. The van der Waals surface area contributed by atoms with Crippen molar-refractivity contribution in [2.75, 3.05) is 20.7 Å². The van der Waals surface area contributed by atoms with E-state index in [0.717, 1.165) is 39.3 Å². The van der Waals surface area contributed by atoms with Gasteiger partial charge >= 0.3 is 0 Å². The molecule has 0 saturated carbocycles. The molecule has 0 aromatic carbocycles. The lowest BCUT2D eigenvalue weighted by molar-refractivity contribution is 0.103. The van der Waals surface area contributed by atoms with E-state index >= 15 is 0 Å². The molecule has 0 aliphatic heterocycles. The fraction of sp³-hybridized carbons (Fsp3) is 0.468. The molecule has 0 atom stereocenters. The minimum atomic E-state index is -1.85. The summed E-state index contributed by atoms with van der Waals surface area (Å²) >= 11 is 5.04. The molecule has 0 saturated heterocycles. The zero-order valence-corrected chi connectivity index (χ0v) is 41.7. The van der Waals surface area contributed by atoms with Crippen molar-refractivity contribution >= 4 is 25.9 Å². The number of hydrogen-bond donors (Lipinski definition) is 5. The van der Waals surface area contributed by atoms with Crippen LogP contribution in [0.15, 0.2) is 98.0 Å². The predicted octanol–water partition coefficient (Wildman–Crippen LogP) is 9.14. The van der Waals surface area contributed by atoms with Crippen molar-refractivity contribution in [2.24, 2.45) is 0 Å². The minimum Gasteiger partial charge on any atom is -0.412 e. The Morgan fingerprint density at radius 1 is 0.841 bits per heavy atom. The number of nitrogens with one attached hydrogen (secondary N) is 2. The first-order valence-corrected chi connectivity index (χ1v) is 24.5. The molecule has 5 heterocycles. The first kappa shape index (κ1) is 56.4. The van der Waals surface area contributed by atoms with Crippen molar-refractivity contribution in [3.05, 3.63) is 120 Å². The second kappa shape index (κ2) is 29.0. The van der Waals surface area contributed by atoms with E-state index in [4.69, 9.17) is 21.3 Å². The van der Waals surface area contributed by atoms with E-state index in [-0.39, 0.29) is 36.7 Å². The second-order valence-electron chi connectivity index (χ2n) is 16.9. The second-order valence-corrected chi connectivity index (χ2v) is 21.9. The maximum atomic E-state index is 12.3. The van der Waals surface area contributed by atoms with E-state index in [1.54, 1.807) is 37.9 Å². The highest BCUT2D eigenvalue weighted by atomic mass is 35.5. The van der Waals surface area contributed by atoms with Crippen molar-refractivity contribution in [1.29, 1.82) is 0 Å². The van der Waals surface area contributed by atoms with Crippen LogP contribution in [0.25, 0.3) is 22.6 Å². The van der Waals surface area contributed by atoms with Gasteiger partial charge in [0.25, 0.3) is 0 Å². The van der Waals surface area contributed by atoms with Crippen LogP contribution in [-0.4, -0.2) is 90.4 Å². The quantitative estimate of drug-likeness (QED) is 0.0235. The topological polar surface area (TPSA) is 176 Å². The summed E-state index contributed by atoms with van der Waals surface area (Å²) in [6.45, 7) is 25.8. The number of aliphatic hydroxyl groups is 3. The minimum absolute atomic E-state index is 0.00749. The molecule has 0 aliphatic carbocycles. The van der Waals surface area contributed by atoms with Gasteiger partial charge in [0.2, 0.25) is 5.78 Å². The number of ketones is 1. The number of halogens is 1. The van der Waals surface area contributed by atoms with Gasteiger partial charge in [-0.1, -0.05) is 39.0 Å². The van der Waals surface area contributed by atoms with E-state index in [0.29, 0.717) is 24.4 Å². The van der Waals surface area contributed by atoms with Crippen LogP contribution in [0.2, 0.25) is 18.1 Å². The van der Waals surface area contributed by atoms with Gasteiger partial charge in [0, 0.05) is 111 Å². The summed E-state index contributed by atoms with van der Waals surface area (Å²) in [6.07, 6.45) is 14.3. The first-order valence-electron chi connectivity index (χ1n) is 21.2. The van der Waals surface area contributed by atoms with Crippen molar-refractivity contribution in [3.8, 4) is 22.6 Å². The summed E-state index contributed by atoms with van der Waals surface area (Å²) in [7, 11) is 1.91. The molecule has 0 spiro atoms. The summed E-state index contributed by atoms with van der Waals surface area (Å²) in [5.74, 6) is -0.0943. The highest BCUT2D eigenvalue weighted by molar-refractivity contribution is 6.74. The van der Waals surface area contributed by atoms with Gasteiger partial charge in [0.15, 0.2) is 8.32 Å². The smallest absolute Gasteiger partial charge is 0.205 e. The third-order valence-corrected chi connectivity index (χ3v) is 14.1. The number of rotatable bonds is 14. The van der Waals surface area contributed by atoms with Gasteiger partial charge in [0.05, 0.1) is 36.9 Å². The Balaban J connectivity index is 0.000000435. The predicted molar refractivity (Wildman–Crippen MR) is 259 cm³/mol. The number of hydrogen-bond acceptors (Lipinski definition) is 12. The summed E-state index contributed by atoms with van der Waals surface area (Å²) in [5.41, 5.74) is 9.40. The molecule has 348 valence electrons. The summed E-state index contributed by atoms with van der Waals surface area (Å²) in [4.78, 5) is 29.3. The van der Waals surface area contributed by atoms with E-state index in [9.17, 15) is 15.0 Å². The summed E-state index contributed by atoms with van der Waals surface area (Å²) in [6, 6.07) is 16.3. The maximum Gasteiger partial charge on any atom is 0.205 e. The van der Waals surface area contributed by atoms with Crippen LogP contribution in [0.4, 0.5) is 0 Å². The molecule has 5 aromatic heterocycles. The van der Waals surface area contributed by atoms with Crippen LogP contribution in [-0.2, 0) is 24.2 Å². The lowest BCUT2D eigenvalue weighted by atomic mass is 10.1. The molecular formula is C47H74ClN9O5Si. The Kier molecular flexibility index (Phi) is 26.0. The van der Waals surface area contributed by atoms with Crippen LogP contribution in [0.3, 0.4) is 0 Å². The molecule has 63 heavy (non-hydrogen) atoms. The van der Waals surface area contributed by atoms with Gasteiger partial charge in [-0.2, -0.15) is 10.0 Å². The first-order chi connectivity index (χ1) is 29.7. The van der Waals surface area contributed by atoms with Gasteiger partial charge < -0.3 is 29.2 Å². The molecule has 0 radical (unpaired) electrons. The number of pyridine rings is 3. The van der Waals surface area contributed by atoms with Crippen LogP contribution in [0.1, 0.15) is 108 Å². The van der Waals surface area contributed by atoms with Crippen LogP contribution in [0.5, 0.6) is 0 Å². The maximum absolute atomic E-state index is 12.3. The summed E-state index contributed by atoms with van der Waals surface area (Å²) < 4.78 is 10.2. The van der Waals surface area contributed by atoms with Gasteiger partial charge in [-0.25, -0.2) is 5.43 Å². The Morgan fingerprint density at radius 3 is 1.84 bits per heavy atom. The lowest BCUT2D eigenvalue weighted by Crippen LogP contribution is -2.40. The zero-order chi connectivity index (χ0) is 47.8. The standard InChI is InChI=1S/C17H28N2O2Si.C13H16N2O.C12H15N3O.C3H9ClN2.C2H6O/c1-17(2,3)22(6,7)21-13-14-9-8-11-18-16(14)15(20)10-12-19(4)5;1-10(2)15-7-5-11(8-15)13-12(9-16)4-3-6-14-13;1-9(2)15-11(5-7-14-15)12-10(8-16)4-3-6-13-12;1-3(2)5-6-4;1-2-3/h8-12H,13H2,1-7H3;3-8,10,16H,9H2,1-2H3;3-7,9,16H,8H2,1-2H3;3,5-6H,1-2H3;3H,2H2,1H3/b12-10+;;;;. The third kappa shape index (κ3) is 19.8. The van der Waals surface area contributed by atoms with Crippen molar-refractivity contribution in [1.82, 2.24) is 44.6 Å². The highest BCUT2D eigenvalue weighted by Crippen LogP contribution is 2.37.